The number of β-amino-alcohol motifs (C(OH)–C–C–N with tert-alkyl or cyclic N) is 1. The Kier molecular flexibility index (Phi) is 3.92. The zero-order chi connectivity index (χ0) is 16.8. The fourth-order valence-electron chi connectivity index (χ4n) is 3.68. The van der Waals surface area contributed by atoms with Gasteiger partial charge in [-0.2, -0.15) is 0 Å². The summed E-state index contributed by atoms with van der Waals surface area (Å²) in [5.41, 5.74) is 0.726. The lowest BCUT2D eigenvalue weighted by Crippen LogP contribution is -2.29. The molecule has 128 valence electrons. The van der Waals surface area contributed by atoms with Crippen molar-refractivity contribution < 1.29 is 9.90 Å². The van der Waals surface area contributed by atoms with Crippen LogP contribution in [0.1, 0.15) is 46.7 Å². The lowest BCUT2D eigenvalue weighted by molar-refractivity contribution is 0.0769. The van der Waals surface area contributed by atoms with Crippen LogP contribution in [0, 0.1) is 6.92 Å². The smallest absolute Gasteiger partial charge is 0.264 e. The van der Waals surface area contributed by atoms with Crippen molar-refractivity contribution in [1.82, 2.24) is 14.5 Å². The average molecular weight is 347 g/mol. The SMILES string of the molecule is Cc1c(C(=O)N2CC[C@@H](O)C2)sc2nc3n(c(=O)c12)CCCCC3. The van der Waals surface area contributed by atoms with Crippen LogP contribution in [0.15, 0.2) is 4.79 Å². The molecule has 1 amide bonds. The third-order valence-electron chi connectivity index (χ3n) is 5.06. The molecule has 0 aromatic carbocycles. The number of aromatic nitrogens is 2. The predicted octanol–water partition coefficient (Wildman–Crippen LogP) is 1.70. The van der Waals surface area contributed by atoms with Crippen molar-refractivity contribution in [1.29, 1.82) is 0 Å². The van der Waals surface area contributed by atoms with Gasteiger partial charge in [0.25, 0.3) is 11.5 Å². The highest BCUT2D eigenvalue weighted by Gasteiger charge is 2.29. The molecule has 0 spiro atoms. The van der Waals surface area contributed by atoms with Gasteiger partial charge in [0, 0.05) is 26.1 Å². The Morgan fingerprint density at radius 3 is 2.88 bits per heavy atom. The molecule has 0 saturated carbocycles. The number of hydrogen-bond acceptors (Lipinski definition) is 5. The molecule has 4 rings (SSSR count). The van der Waals surface area contributed by atoms with Gasteiger partial charge < -0.3 is 10.0 Å². The molecule has 0 radical (unpaired) electrons. The normalized spacial score (nSPS) is 21.1. The number of carbonyl (C=O) groups excluding carboxylic acids is 1. The summed E-state index contributed by atoms with van der Waals surface area (Å²) in [5.74, 6) is 0.758. The number of rotatable bonds is 1. The Labute approximate surface area is 143 Å². The lowest BCUT2D eigenvalue weighted by Gasteiger charge is -2.14. The van der Waals surface area contributed by atoms with Crippen molar-refractivity contribution in [3.8, 4) is 0 Å². The van der Waals surface area contributed by atoms with E-state index in [0.717, 1.165) is 37.1 Å². The van der Waals surface area contributed by atoms with Gasteiger partial charge in [-0.05, 0) is 31.7 Å². The van der Waals surface area contributed by atoms with Gasteiger partial charge in [-0.25, -0.2) is 4.98 Å². The lowest BCUT2D eigenvalue weighted by atomic mass is 10.2. The first-order valence-electron chi connectivity index (χ1n) is 8.56. The second kappa shape index (κ2) is 5.97. The summed E-state index contributed by atoms with van der Waals surface area (Å²) in [4.78, 5) is 33.3. The molecule has 2 aromatic heterocycles. The number of amides is 1. The largest absolute Gasteiger partial charge is 0.391 e. The van der Waals surface area contributed by atoms with Crippen LogP contribution in [0.5, 0.6) is 0 Å². The minimum atomic E-state index is -0.441. The second-order valence-corrected chi connectivity index (χ2v) is 7.72. The number of thiophene rings is 1. The number of aryl methyl sites for hydroxylation is 2. The molecule has 0 unspecified atom stereocenters. The first kappa shape index (κ1) is 15.8. The Morgan fingerprint density at radius 1 is 1.29 bits per heavy atom. The zero-order valence-electron chi connectivity index (χ0n) is 13.7. The number of carbonyl (C=O) groups is 1. The number of likely N-dealkylation sites (tertiary alicyclic amines) is 1. The molecule has 7 heteroatoms. The highest BCUT2D eigenvalue weighted by Crippen LogP contribution is 2.30. The highest BCUT2D eigenvalue weighted by atomic mass is 32.1. The molecule has 2 aliphatic rings. The van der Waals surface area contributed by atoms with Crippen molar-refractivity contribution in [2.75, 3.05) is 13.1 Å². The number of nitrogens with zero attached hydrogens (tertiary/aromatic N) is 3. The molecular formula is C17H21N3O3S. The van der Waals surface area contributed by atoms with E-state index in [9.17, 15) is 14.7 Å². The summed E-state index contributed by atoms with van der Waals surface area (Å²) in [6, 6.07) is 0. The molecule has 1 atom stereocenters. The number of fused-ring (bicyclic) bond motifs is 2. The van der Waals surface area contributed by atoms with Gasteiger partial charge in [-0.1, -0.05) is 6.42 Å². The van der Waals surface area contributed by atoms with Gasteiger partial charge in [0.15, 0.2) is 0 Å². The van der Waals surface area contributed by atoms with Crippen molar-refractivity contribution in [3.05, 3.63) is 26.6 Å². The number of hydrogen-bond donors (Lipinski definition) is 1. The van der Waals surface area contributed by atoms with E-state index in [2.05, 4.69) is 0 Å². The van der Waals surface area contributed by atoms with Gasteiger partial charge in [-0.3, -0.25) is 14.2 Å². The molecule has 0 bridgehead atoms. The summed E-state index contributed by atoms with van der Waals surface area (Å²) in [7, 11) is 0. The number of aliphatic hydroxyl groups is 1. The van der Waals surface area contributed by atoms with Crippen LogP contribution in [0.3, 0.4) is 0 Å². The Hall–Kier alpha value is -1.73. The summed E-state index contributed by atoms with van der Waals surface area (Å²) in [6.07, 6.45) is 4.18. The fraction of sp³-hybridized carbons (Fsp3) is 0.588. The van der Waals surface area contributed by atoms with Crippen LogP contribution in [-0.2, 0) is 13.0 Å². The molecule has 1 saturated heterocycles. The van der Waals surface area contributed by atoms with Crippen LogP contribution in [-0.4, -0.2) is 44.7 Å². The van der Waals surface area contributed by atoms with Gasteiger partial charge >= 0.3 is 0 Å². The van der Waals surface area contributed by atoms with Crippen LogP contribution in [0.4, 0.5) is 0 Å². The van der Waals surface area contributed by atoms with Crippen molar-refractivity contribution in [2.45, 2.75) is 51.7 Å². The average Bonchev–Trinajstić information content (AvgIpc) is 3.03. The predicted molar refractivity (Wildman–Crippen MR) is 92.7 cm³/mol. The fourth-order valence-corrected chi connectivity index (χ4v) is 4.84. The first-order valence-corrected chi connectivity index (χ1v) is 9.38. The Balaban J connectivity index is 1.82. The summed E-state index contributed by atoms with van der Waals surface area (Å²) in [5, 5.41) is 10.3. The van der Waals surface area contributed by atoms with Crippen molar-refractivity contribution in [3.63, 3.8) is 0 Å². The van der Waals surface area contributed by atoms with Gasteiger partial charge in [0.2, 0.25) is 0 Å². The van der Waals surface area contributed by atoms with E-state index < -0.39 is 6.10 Å². The quantitative estimate of drug-likeness (QED) is 0.852. The van der Waals surface area contributed by atoms with Gasteiger partial charge in [0.05, 0.1) is 16.4 Å². The maximum Gasteiger partial charge on any atom is 0.264 e. The number of aliphatic hydroxyl groups excluding tert-OH is 1. The van der Waals surface area contributed by atoms with Gasteiger partial charge in [0.1, 0.15) is 10.7 Å². The van der Waals surface area contributed by atoms with Crippen molar-refractivity contribution >= 4 is 27.5 Å². The Morgan fingerprint density at radius 2 is 2.12 bits per heavy atom. The minimum Gasteiger partial charge on any atom is -0.391 e. The van der Waals surface area contributed by atoms with E-state index in [1.807, 2.05) is 6.92 Å². The highest BCUT2D eigenvalue weighted by molar-refractivity contribution is 7.20. The molecule has 2 aromatic rings. The standard InChI is InChI=1S/C17H21N3O3S/c1-10-13-15(18-12-5-3-2-4-7-20(12)16(13)22)24-14(10)17(23)19-8-6-11(21)9-19/h11,21H,2-9H2,1H3/t11-/m1/s1. The van der Waals surface area contributed by atoms with E-state index >= 15 is 0 Å². The molecule has 2 aliphatic heterocycles. The van der Waals surface area contributed by atoms with E-state index in [-0.39, 0.29) is 11.5 Å². The zero-order valence-corrected chi connectivity index (χ0v) is 14.6. The first-order chi connectivity index (χ1) is 11.6. The van der Waals surface area contributed by atoms with E-state index in [0.29, 0.717) is 41.1 Å². The monoisotopic (exact) mass is 347 g/mol. The maximum atomic E-state index is 12.9. The molecule has 0 aliphatic carbocycles. The Bertz CT molecular complexity index is 870. The summed E-state index contributed by atoms with van der Waals surface area (Å²) in [6.45, 7) is 3.49. The third-order valence-corrected chi connectivity index (χ3v) is 6.23. The van der Waals surface area contributed by atoms with Crippen LogP contribution in [0.25, 0.3) is 10.2 Å². The molecule has 4 heterocycles. The molecule has 24 heavy (non-hydrogen) atoms. The van der Waals surface area contributed by atoms with E-state index in [4.69, 9.17) is 4.98 Å². The molecular weight excluding hydrogens is 326 g/mol. The minimum absolute atomic E-state index is 0.00819. The summed E-state index contributed by atoms with van der Waals surface area (Å²) < 4.78 is 1.79. The van der Waals surface area contributed by atoms with Crippen LogP contribution < -0.4 is 5.56 Å². The van der Waals surface area contributed by atoms with Crippen LogP contribution in [0.2, 0.25) is 0 Å². The van der Waals surface area contributed by atoms with Gasteiger partial charge in [-0.15, -0.1) is 11.3 Å². The molecule has 1 fully saturated rings. The summed E-state index contributed by atoms with van der Waals surface area (Å²) >= 11 is 1.32. The second-order valence-electron chi connectivity index (χ2n) is 6.73. The van der Waals surface area contributed by atoms with Crippen molar-refractivity contribution in [2.24, 2.45) is 0 Å². The van der Waals surface area contributed by atoms with Crippen LogP contribution >= 0.6 is 11.3 Å². The van der Waals surface area contributed by atoms with E-state index in [1.165, 1.54) is 11.3 Å². The van der Waals surface area contributed by atoms with E-state index in [1.54, 1.807) is 9.47 Å². The molecule has 6 nitrogen and oxygen atoms in total. The topological polar surface area (TPSA) is 75.4 Å². The third kappa shape index (κ3) is 2.46. The maximum absolute atomic E-state index is 12.9. The molecule has 1 N–H and O–H groups in total.